The van der Waals surface area contributed by atoms with E-state index in [1.165, 1.54) is 4.40 Å². The average molecular weight is 336 g/mol. The van der Waals surface area contributed by atoms with E-state index in [4.69, 9.17) is 23.2 Å². The summed E-state index contributed by atoms with van der Waals surface area (Å²) in [6, 6.07) is 10.2. The number of rotatable bonds is 3. The van der Waals surface area contributed by atoms with Crippen molar-refractivity contribution in [3.8, 4) is 0 Å². The van der Waals surface area contributed by atoms with Gasteiger partial charge in [0.2, 0.25) is 0 Å². The van der Waals surface area contributed by atoms with Crippen LogP contribution in [-0.2, 0) is 6.61 Å². The molecule has 0 aliphatic rings. The van der Waals surface area contributed by atoms with Crippen molar-refractivity contribution in [2.24, 2.45) is 0 Å². The number of hydrogen-bond acceptors (Lipinski definition) is 4. The number of pyridine rings is 1. The monoisotopic (exact) mass is 335 g/mol. The van der Waals surface area contributed by atoms with Gasteiger partial charge in [-0.1, -0.05) is 35.3 Å². The lowest BCUT2D eigenvalue weighted by Gasteiger charge is -2.13. The Hall–Kier alpha value is -2.08. The van der Waals surface area contributed by atoms with Crippen LogP contribution in [-0.4, -0.2) is 14.5 Å². The Morgan fingerprint density at radius 2 is 1.86 bits per heavy atom. The van der Waals surface area contributed by atoms with E-state index in [0.29, 0.717) is 21.4 Å². The zero-order valence-corrected chi connectivity index (χ0v) is 12.8. The van der Waals surface area contributed by atoms with Crippen LogP contribution >= 0.6 is 23.2 Å². The Bertz CT molecular complexity index is 889. The molecule has 0 spiro atoms. The SMILES string of the molecule is O=c1c(CO)c(Nc2c(Cl)cccc2Cl)nc2ccccn12. The zero-order chi connectivity index (χ0) is 15.7. The van der Waals surface area contributed by atoms with Crippen molar-refractivity contribution in [1.29, 1.82) is 0 Å². The number of fused-ring (bicyclic) bond motifs is 1. The Morgan fingerprint density at radius 1 is 1.14 bits per heavy atom. The summed E-state index contributed by atoms with van der Waals surface area (Å²) >= 11 is 12.2. The lowest BCUT2D eigenvalue weighted by molar-refractivity contribution is 0.280. The molecule has 5 nitrogen and oxygen atoms in total. The van der Waals surface area contributed by atoms with Crippen molar-refractivity contribution < 1.29 is 5.11 Å². The third kappa shape index (κ3) is 2.54. The van der Waals surface area contributed by atoms with Gasteiger partial charge in [-0.3, -0.25) is 9.20 Å². The highest BCUT2D eigenvalue weighted by Crippen LogP contribution is 2.32. The molecule has 2 aromatic heterocycles. The Kier molecular flexibility index (Phi) is 4.02. The molecule has 2 heterocycles. The first-order valence-electron chi connectivity index (χ1n) is 6.44. The fraction of sp³-hybridized carbons (Fsp3) is 0.0667. The molecule has 0 fully saturated rings. The van der Waals surface area contributed by atoms with Gasteiger partial charge in [0.05, 0.1) is 27.9 Å². The van der Waals surface area contributed by atoms with E-state index in [0.717, 1.165) is 0 Å². The van der Waals surface area contributed by atoms with E-state index >= 15 is 0 Å². The van der Waals surface area contributed by atoms with Crippen LogP contribution in [0.25, 0.3) is 5.65 Å². The summed E-state index contributed by atoms with van der Waals surface area (Å²) in [7, 11) is 0. The maximum absolute atomic E-state index is 12.4. The van der Waals surface area contributed by atoms with Crippen LogP contribution < -0.4 is 10.9 Å². The minimum absolute atomic E-state index is 0.139. The second kappa shape index (κ2) is 5.96. The molecule has 0 unspecified atom stereocenters. The first-order chi connectivity index (χ1) is 10.6. The van der Waals surface area contributed by atoms with Gasteiger partial charge in [0.1, 0.15) is 11.5 Å². The van der Waals surface area contributed by atoms with Crippen molar-refractivity contribution in [3.05, 3.63) is 68.6 Å². The smallest absolute Gasteiger partial charge is 0.265 e. The standard InChI is InChI=1S/C15H11Cl2N3O2/c16-10-4-3-5-11(17)13(10)19-14-9(8-21)15(22)20-7-2-1-6-12(20)18-14/h1-7,19,21H,8H2. The predicted octanol–water partition coefficient (Wildman–Crippen LogP) is 3.24. The number of hydrogen-bond donors (Lipinski definition) is 2. The number of nitrogens with zero attached hydrogens (tertiary/aromatic N) is 2. The van der Waals surface area contributed by atoms with Crippen LogP contribution in [0.2, 0.25) is 10.0 Å². The fourth-order valence-corrected chi connectivity index (χ4v) is 2.60. The van der Waals surface area contributed by atoms with Crippen molar-refractivity contribution >= 4 is 40.4 Å². The van der Waals surface area contributed by atoms with Crippen LogP contribution in [0.15, 0.2) is 47.4 Å². The van der Waals surface area contributed by atoms with E-state index in [1.54, 1.807) is 42.6 Å². The van der Waals surface area contributed by atoms with Crippen LogP contribution in [0.4, 0.5) is 11.5 Å². The molecule has 0 saturated carbocycles. The molecule has 22 heavy (non-hydrogen) atoms. The van der Waals surface area contributed by atoms with E-state index in [1.807, 2.05) is 0 Å². The molecule has 3 aromatic rings. The second-order valence-electron chi connectivity index (χ2n) is 4.55. The van der Waals surface area contributed by atoms with Crippen LogP contribution in [0.1, 0.15) is 5.56 Å². The molecule has 7 heteroatoms. The molecule has 1 aromatic carbocycles. The quantitative estimate of drug-likeness (QED) is 0.771. The molecule has 3 rings (SSSR count). The van der Waals surface area contributed by atoms with Gasteiger partial charge in [-0.15, -0.1) is 0 Å². The summed E-state index contributed by atoms with van der Waals surface area (Å²) in [6.07, 6.45) is 1.59. The second-order valence-corrected chi connectivity index (χ2v) is 5.37. The average Bonchev–Trinajstić information content (AvgIpc) is 2.51. The Labute approximate surface area is 135 Å². The summed E-state index contributed by atoms with van der Waals surface area (Å²) < 4.78 is 1.37. The highest BCUT2D eigenvalue weighted by atomic mass is 35.5. The van der Waals surface area contributed by atoms with E-state index < -0.39 is 6.61 Å². The highest BCUT2D eigenvalue weighted by Gasteiger charge is 2.14. The molecule has 0 bridgehead atoms. The van der Waals surface area contributed by atoms with Crippen LogP contribution in [0, 0.1) is 0 Å². The molecule has 0 aliphatic carbocycles. The van der Waals surface area contributed by atoms with Crippen molar-refractivity contribution in [1.82, 2.24) is 9.38 Å². The van der Waals surface area contributed by atoms with Crippen molar-refractivity contribution in [2.45, 2.75) is 6.61 Å². The van der Waals surface area contributed by atoms with Gasteiger partial charge in [-0.2, -0.15) is 0 Å². The first kappa shape index (κ1) is 14.8. The number of aliphatic hydroxyl groups excluding tert-OH is 1. The molecule has 112 valence electrons. The lowest BCUT2D eigenvalue weighted by atomic mass is 10.2. The third-order valence-corrected chi connectivity index (χ3v) is 3.82. The van der Waals surface area contributed by atoms with Gasteiger partial charge in [0.15, 0.2) is 0 Å². The topological polar surface area (TPSA) is 66.6 Å². The van der Waals surface area contributed by atoms with Gasteiger partial charge in [-0.25, -0.2) is 4.98 Å². The van der Waals surface area contributed by atoms with Crippen LogP contribution in [0.3, 0.4) is 0 Å². The first-order valence-corrected chi connectivity index (χ1v) is 7.19. The zero-order valence-electron chi connectivity index (χ0n) is 11.3. The number of nitrogens with one attached hydrogen (secondary N) is 1. The maximum Gasteiger partial charge on any atom is 0.265 e. The Balaban J connectivity index is 2.20. The number of halogens is 2. The van der Waals surface area contributed by atoms with Crippen molar-refractivity contribution in [2.75, 3.05) is 5.32 Å². The third-order valence-electron chi connectivity index (χ3n) is 3.19. The largest absolute Gasteiger partial charge is 0.391 e. The molecule has 0 radical (unpaired) electrons. The van der Waals surface area contributed by atoms with Crippen molar-refractivity contribution in [3.63, 3.8) is 0 Å². The Morgan fingerprint density at radius 3 is 2.55 bits per heavy atom. The normalized spacial score (nSPS) is 10.9. The van der Waals surface area contributed by atoms with Gasteiger partial charge in [0, 0.05) is 6.20 Å². The number of aliphatic hydroxyl groups is 1. The molecule has 0 atom stereocenters. The molecular formula is C15H11Cl2N3O2. The highest BCUT2D eigenvalue weighted by molar-refractivity contribution is 6.39. The number of para-hydroxylation sites is 1. The van der Waals surface area contributed by atoms with Gasteiger partial charge < -0.3 is 10.4 Å². The minimum Gasteiger partial charge on any atom is -0.391 e. The lowest BCUT2D eigenvalue weighted by Crippen LogP contribution is -2.21. The van der Waals surface area contributed by atoms with Crippen LogP contribution in [0.5, 0.6) is 0 Å². The summed E-state index contributed by atoms with van der Waals surface area (Å²) in [5.41, 5.74) is 0.682. The summed E-state index contributed by atoms with van der Waals surface area (Å²) in [6.45, 7) is -0.450. The van der Waals surface area contributed by atoms with Gasteiger partial charge in [0.25, 0.3) is 5.56 Å². The van der Waals surface area contributed by atoms with E-state index in [2.05, 4.69) is 10.3 Å². The number of benzene rings is 1. The number of anilines is 2. The summed E-state index contributed by atoms with van der Waals surface area (Å²) in [5.74, 6) is 0.230. The molecule has 2 N–H and O–H groups in total. The molecule has 0 amide bonds. The molecule has 0 aliphatic heterocycles. The van der Waals surface area contributed by atoms with E-state index in [-0.39, 0.29) is 16.9 Å². The van der Waals surface area contributed by atoms with Gasteiger partial charge in [-0.05, 0) is 24.3 Å². The van der Waals surface area contributed by atoms with Gasteiger partial charge >= 0.3 is 0 Å². The maximum atomic E-state index is 12.4. The molecule has 0 saturated heterocycles. The molecular weight excluding hydrogens is 325 g/mol. The van der Waals surface area contributed by atoms with E-state index in [9.17, 15) is 9.90 Å². The fourth-order valence-electron chi connectivity index (χ4n) is 2.11. The summed E-state index contributed by atoms with van der Waals surface area (Å²) in [5, 5.41) is 13.3. The minimum atomic E-state index is -0.450. The predicted molar refractivity (Wildman–Crippen MR) is 87.1 cm³/mol. The summed E-state index contributed by atoms with van der Waals surface area (Å²) in [4.78, 5) is 16.8. The number of aromatic nitrogens is 2.